The van der Waals surface area contributed by atoms with Gasteiger partial charge in [-0.25, -0.2) is 4.79 Å². The summed E-state index contributed by atoms with van der Waals surface area (Å²) in [5, 5.41) is 3.53. The van der Waals surface area contributed by atoms with E-state index in [2.05, 4.69) is 10.3 Å². The molecule has 1 fully saturated rings. The average molecular weight is 464 g/mol. The van der Waals surface area contributed by atoms with Crippen LogP contribution in [-0.4, -0.2) is 59.9 Å². The highest BCUT2D eigenvalue weighted by Gasteiger charge is 2.25. The Kier molecular flexibility index (Phi) is 6.79. The standard InChI is InChI=1S/C25H26ClN5O2/c1-18-22(26)4-3-5-23(18)28-25(33)31-16-14-30(15-17-31)24(32)19-6-8-20(9-7-19)29(2)21-10-12-27-13-11-21/h3-13H,14-17H2,1-2H3,(H,28,33). The van der Waals surface area contributed by atoms with Crippen LogP contribution >= 0.6 is 11.6 Å². The van der Waals surface area contributed by atoms with Crippen molar-refractivity contribution in [2.24, 2.45) is 0 Å². The van der Waals surface area contributed by atoms with Crippen molar-refractivity contribution >= 4 is 40.6 Å². The van der Waals surface area contributed by atoms with Gasteiger partial charge in [0.25, 0.3) is 5.91 Å². The number of hydrogen-bond acceptors (Lipinski definition) is 4. The molecule has 33 heavy (non-hydrogen) atoms. The van der Waals surface area contributed by atoms with Gasteiger partial charge in [0.05, 0.1) is 0 Å². The minimum Gasteiger partial charge on any atom is -0.345 e. The van der Waals surface area contributed by atoms with Gasteiger partial charge in [0.1, 0.15) is 0 Å². The third-order valence-corrected chi connectivity index (χ3v) is 6.32. The number of rotatable bonds is 4. The number of aromatic nitrogens is 1. The number of carbonyl (C=O) groups is 2. The van der Waals surface area contributed by atoms with E-state index in [0.29, 0.717) is 42.5 Å². The highest BCUT2D eigenvalue weighted by atomic mass is 35.5. The molecule has 0 aliphatic carbocycles. The van der Waals surface area contributed by atoms with Crippen molar-refractivity contribution in [2.75, 3.05) is 43.4 Å². The summed E-state index contributed by atoms with van der Waals surface area (Å²) in [6.07, 6.45) is 3.50. The predicted molar refractivity (Wildman–Crippen MR) is 131 cm³/mol. The quantitative estimate of drug-likeness (QED) is 0.603. The van der Waals surface area contributed by atoms with E-state index in [9.17, 15) is 9.59 Å². The van der Waals surface area contributed by atoms with E-state index in [0.717, 1.165) is 16.9 Å². The molecule has 0 spiro atoms. The van der Waals surface area contributed by atoms with Crippen molar-refractivity contribution < 1.29 is 9.59 Å². The van der Waals surface area contributed by atoms with E-state index in [1.54, 1.807) is 28.3 Å². The van der Waals surface area contributed by atoms with E-state index in [1.807, 2.05) is 67.4 Å². The SMILES string of the molecule is Cc1c(Cl)cccc1NC(=O)N1CCN(C(=O)c2ccc(N(C)c3ccncc3)cc2)CC1. The lowest BCUT2D eigenvalue weighted by Crippen LogP contribution is -2.51. The summed E-state index contributed by atoms with van der Waals surface area (Å²) >= 11 is 6.14. The zero-order valence-corrected chi connectivity index (χ0v) is 19.4. The molecule has 1 N–H and O–H groups in total. The zero-order chi connectivity index (χ0) is 23.4. The maximum atomic E-state index is 13.0. The second-order valence-corrected chi connectivity index (χ2v) is 8.34. The van der Waals surface area contributed by atoms with Crippen LogP contribution < -0.4 is 10.2 Å². The lowest BCUT2D eigenvalue weighted by molar-refractivity contribution is 0.0671. The van der Waals surface area contributed by atoms with Crippen molar-refractivity contribution in [1.29, 1.82) is 0 Å². The number of nitrogens with one attached hydrogen (secondary N) is 1. The number of amides is 3. The summed E-state index contributed by atoms with van der Waals surface area (Å²) in [6.45, 7) is 3.79. The Bertz CT molecular complexity index is 1130. The molecule has 3 aromatic rings. The Morgan fingerprint density at radius 3 is 2.18 bits per heavy atom. The Morgan fingerprint density at radius 2 is 1.52 bits per heavy atom. The summed E-state index contributed by atoms with van der Waals surface area (Å²) in [6, 6.07) is 16.7. The average Bonchev–Trinajstić information content (AvgIpc) is 2.86. The Labute approximate surface area is 198 Å². The number of anilines is 3. The molecule has 170 valence electrons. The molecule has 0 unspecified atom stereocenters. The van der Waals surface area contributed by atoms with Gasteiger partial charge in [-0.15, -0.1) is 0 Å². The summed E-state index contributed by atoms with van der Waals surface area (Å²) in [5.41, 5.74) is 4.17. The molecule has 1 aromatic heterocycles. The maximum Gasteiger partial charge on any atom is 0.321 e. The highest BCUT2D eigenvalue weighted by Crippen LogP contribution is 2.25. The maximum absolute atomic E-state index is 13.0. The molecule has 1 aliphatic heterocycles. The first-order chi connectivity index (χ1) is 15.9. The number of piperazine rings is 1. The minimum atomic E-state index is -0.184. The number of hydrogen-bond donors (Lipinski definition) is 1. The fourth-order valence-corrected chi connectivity index (χ4v) is 3.95. The number of urea groups is 1. The van der Waals surface area contributed by atoms with Crippen LogP contribution in [0.3, 0.4) is 0 Å². The van der Waals surface area contributed by atoms with Gasteiger partial charge in [-0.2, -0.15) is 0 Å². The summed E-state index contributed by atoms with van der Waals surface area (Å²) < 4.78 is 0. The fraction of sp³-hybridized carbons (Fsp3) is 0.240. The molecule has 2 heterocycles. The monoisotopic (exact) mass is 463 g/mol. The Hall–Kier alpha value is -3.58. The molecule has 4 rings (SSSR count). The van der Waals surface area contributed by atoms with Crippen LogP contribution in [-0.2, 0) is 0 Å². The van der Waals surface area contributed by atoms with Crippen LogP contribution in [0.2, 0.25) is 5.02 Å². The van der Waals surface area contributed by atoms with Crippen molar-refractivity contribution in [3.63, 3.8) is 0 Å². The van der Waals surface area contributed by atoms with E-state index in [1.165, 1.54) is 0 Å². The first-order valence-electron chi connectivity index (χ1n) is 10.8. The van der Waals surface area contributed by atoms with Crippen molar-refractivity contribution in [2.45, 2.75) is 6.92 Å². The topological polar surface area (TPSA) is 68.8 Å². The second-order valence-electron chi connectivity index (χ2n) is 7.93. The molecular formula is C25H26ClN5O2. The summed E-state index contributed by atoms with van der Waals surface area (Å²) in [7, 11) is 1.97. The van der Waals surface area contributed by atoms with E-state index >= 15 is 0 Å². The first kappa shape index (κ1) is 22.6. The molecule has 0 saturated carbocycles. The second kappa shape index (κ2) is 9.92. The lowest BCUT2D eigenvalue weighted by atomic mass is 10.1. The number of carbonyl (C=O) groups excluding carboxylic acids is 2. The molecule has 0 radical (unpaired) electrons. The van der Waals surface area contributed by atoms with Gasteiger partial charge >= 0.3 is 6.03 Å². The predicted octanol–water partition coefficient (Wildman–Crippen LogP) is 4.80. The van der Waals surface area contributed by atoms with E-state index in [4.69, 9.17) is 11.6 Å². The van der Waals surface area contributed by atoms with Crippen LogP contribution in [0.4, 0.5) is 21.9 Å². The minimum absolute atomic E-state index is 0.0288. The molecule has 7 nitrogen and oxygen atoms in total. The molecular weight excluding hydrogens is 438 g/mol. The summed E-state index contributed by atoms with van der Waals surface area (Å²) in [4.78, 5) is 35.2. The molecule has 1 saturated heterocycles. The Morgan fingerprint density at radius 1 is 0.909 bits per heavy atom. The molecule has 1 aliphatic rings. The number of halogens is 1. The van der Waals surface area contributed by atoms with Gasteiger partial charge in [-0.1, -0.05) is 17.7 Å². The zero-order valence-electron chi connectivity index (χ0n) is 18.7. The van der Waals surface area contributed by atoms with Crippen LogP contribution in [0.1, 0.15) is 15.9 Å². The molecule has 3 amide bonds. The van der Waals surface area contributed by atoms with Crippen LogP contribution in [0.25, 0.3) is 0 Å². The van der Waals surface area contributed by atoms with Gasteiger partial charge in [0.2, 0.25) is 0 Å². The van der Waals surface area contributed by atoms with Gasteiger partial charge in [-0.3, -0.25) is 9.78 Å². The normalized spacial score (nSPS) is 13.5. The first-order valence-corrected chi connectivity index (χ1v) is 11.2. The van der Waals surface area contributed by atoms with Crippen LogP contribution in [0.15, 0.2) is 67.0 Å². The molecule has 8 heteroatoms. The summed E-state index contributed by atoms with van der Waals surface area (Å²) in [5.74, 6) is -0.0288. The van der Waals surface area contributed by atoms with Crippen molar-refractivity contribution in [1.82, 2.24) is 14.8 Å². The number of pyridine rings is 1. The molecule has 2 aromatic carbocycles. The van der Waals surface area contributed by atoms with Crippen molar-refractivity contribution in [3.05, 3.63) is 83.1 Å². The highest BCUT2D eigenvalue weighted by molar-refractivity contribution is 6.31. The van der Waals surface area contributed by atoms with Gasteiger partial charge < -0.3 is 20.0 Å². The molecule has 0 bridgehead atoms. The smallest absolute Gasteiger partial charge is 0.321 e. The number of nitrogens with zero attached hydrogens (tertiary/aromatic N) is 4. The molecule has 0 atom stereocenters. The third kappa shape index (κ3) is 5.09. The van der Waals surface area contributed by atoms with Gasteiger partial charge in [0.15, 0.2) is 0 Å². The van der Waals surface area contributed by atoms with Crippen LogP contribution in [0.5, 0.6) is 0 Å². The largest absolute Gasteiger partial charge is 0.345 e. The van der Waals surface area contributed by atoms with E-state index < -0.39 is 0 Å². The lowest BCUT2D eigenvalue weighted by Gasteiger charge is -2.35. The fourth-order valence-electron chi connectivity index (χ4n) is 3.78. The number of benzene rings is 2. The van der Waals surface area contributed by atoms with Crippen LogP contribution in [0, 0.1) is 6.92 Å². The Balaban J connectivity index is 1.33. The van der Waals surface area contributed by atoms with Gasteiger partial charge in [-0.05, 0) is 61.0 Å². The van der Waals surface area contributed by atoms with E-state index in [-0.39, 0.29) is 11.9 Å². The van der Waals surface area contributed by atoms with Crippen molar-refractivity contribution in [3.8, 4) is 0 Å². The van der Waals surface area contributed by atoms with Gasteiger partial charge in [0, 0.05) is 73.3 Å². The third-order valence-electron chi connectivity index (χ3n) is 5.91.